The molecule has 0 spiro atoms. The zero-order valence-electron chi connectivity index (χ0n) is 9.97. The third-order valence-electron chi connectivity index (χ3n) is 3.00. The molecule has 1 aromatic carbocycles. The van der Waals surface area contributed by atoms with Gasteiger partial charge in [0.2, 0.25) is 5.91 Å². The minimum Gasteiger partial charge on any atom is -0.469 e. The van der Waals surface area contributed by atoms with E-state index in [1.807, 2.05) is 31.2 Å². The Morgan fingerprint density at radius 3 is 2.82 bits per heavy atom. The number of ether oxygens (including phenoxy) is 1. The molecule has 1 aromatic rings. The van der Waals surface area contributed by atoms with E-state index in [1.54, 1.807) is 4.90 Å². The minimum absolute atomic E-state index is 0.101. The number of amides is 1. The Morgan fingerprint density at radius 2 is 2.12 bits per heavy atom. The molecule has 17 heavy (non-hydrogen) atoms. The monoisotopic (exact) mass is 233 g/mol. The van der Waals surface area contributed by atoms with Crippen molar-refractivity contribution in [3.8, 4) is 0 Å². The SMILES string of the molecule is COC(=O)CC(=O)N1c2ccccc2CC1C. The first-order chi connectivity index (χ1) is 8.13. The number of rotatable bonds is 2. The number of benzene rings is 1. The molecule has 0 saturated heterocycles. The summed E-state index contributed by atoms with van der Waals surface area (Å²) in [6, 6.07) is 7.88. The van der Waals surface area contributed by atoms with Crippen LogP contribution >= 0.6 is 0 Å². The number of anilines is 1. The molecule has 0 N–H and O–H groups in total. The molecular formula is C13H15NO3. The summed E-state index contributed by atoms with van der Waals surface area (Å²) in [5, 5.41) is 0. The van der Waals surface area contributed by atoms with Crippen molar-refractivity contribution in [1.82, 2.24) is 0 Å². The number of carbonyl (C=O) groups excluding carboxylic acids is 2. The smallest absolute Gasteiger partial charge is 0.315 e. The lowest BCUT2D eigenvalue weighted by Gasteiger charge is -2.22. The number of esters is 1. The first kappa shape index (κ1) is 11.6. The second-order valence-electron chi connectivity index (χ2n) is 4.20. The van der Waals surface area contributed by atoms with Gasteiger partial charge in [0.15, 0.2) is 0 Å². The maximum Gasteiger partial charge on any atom is 0.315 e. The maximum atomic E-state index is 12.0. The fourth-order valence-corrected chi connectivity index (χ4v) is 2.23. The minimum atomic E-state index is -0.494. The van der Waals surface area contributed by atoms with E-state index in [-0.39, 0.29) is 18.4 Å². The van der Waals surface area contributed by atoms with Crippen LogP contribution in [0.3, 0.4) is 0 Å². The average Bonchev–Trinajstić information content (AvgIpc) is 2.64. The molecule has 0 aliphatic carbocycles. The average molecular weight is 233 g/mol. The summed E-state index contributed by atoms with van der Waals surface area (Å²) < 4.78 is 4.52. The van der Waals surface area contributed by atoms with Gasteiger partial charge in [-0.05, 0) is 25.0 Å². The molecule has 1 unspecified atom stereocenters. The third kappa shape index (κ3) is 2.16. The number of fused-ring (bicyclic) bond motifs is 1. The van der Waals surface area contributed by atoms with Gasteiger partial charge in [0.05, 0.1) is 7.11 Å². The molecule has 1 aliphatic heterocycles. The molecule has 0 fully saturated rings. The van der Waals surface area contributed by atoms with Gasteiger partial charge in [-0.15, -0.1) is 0 Å². The van der Waals surface area contributed by atoms with Crippen molar-refractivity contribution in [2.75, 3.05) is 12.0 Å². The molecule has 0 bridgehead atoms. The quantitative estimate of drug-likeness (QED) is 0.575. The topological polar surface area (TPSA) is 46.6 Å². The van der Waals surface area contributed by atoms with Crippen molar-refractivity contribution >= 4 is 17.6 Å². The standard InChI is InChI=1S/C13H15NO3/c1-9-7-10-5-3-4-6-11(10)14(9)12(15)8-13(16)17-2/h3-6,9H,7-8H2,1-2H3. The molecule has 0 radical (unpaired) electrons. The molecule has 2 rings (SSSR count). The van der Waals surface area contributed by atoms with Gasteiger partial charge in [-0.3, -0.25) is 9.59 Å². The summed E-state index contributed by atoms with van der Waals surface area (Å²) in [6.07, 6.45) is 0.637. The fourth-order valence-electron chi connectivity index (χ4n) is 2.23. The molecule has 4 nitrogen and oxygen atoms in total. The Balaban J connectivity index is 2.21. The second kappa shape index (κ2) is 4.57. The molecule has 1 amide bonds. The summed E-state index contributed by atoms with van der Waals surface area (Å²) in [5.41, 5.74) is 2.06. The summed E-state index contributed by atoms with van der Waals surface area (Å²) in [4.78, 5) is 24.8. The van der Waals surface area contributed by atoms with Crippen molar-refractivity contribution in [2.24, 2.45) is 0 Å². The molecule has 1 aliphatic rings. The van der Waals surface area contributed by atoms with Crippen LogP contribution in [0.2, 0.25) is 0 Å². The summed E-state index contributed by atoms with van der Waals surface area (Å²) in [6.45, 7) is 1.98. The number of hydrogen-bond acceptors (Lipinski definition) is 3. The highest BCUT2D eigenvalue weighted by molar-refractivity contribution is 6.04. The second-order valence-corrected chi connectivity index (χ2v) is 4.20. The van der Waals surface area contributed by atoms with Crippen LogP contribution in [-0.2, 0) is 20.7 Å². The zero-order chi connectivity index (χ0) is 12.4. The van der Waals surface area contributed by atoms with E-state index in [0.29, 0.717) is 0 Å². The first-order valence-electron chi connectivity index (χ1n) is 5.60. The highest BCUT2D eigenvalue weighted by Crippen LogP contribution is 2.32. The van der Waals surface area contributed by atoms with Crippen LogP contribution in [0.4, 0.5) is 5.69 Å². The van der Waals surface area contributed by atoms with E-state index >= 15 is 0 Å². The van der Waals surface area contributed by atoms with Gasteiger partial charge in [-0.2, -0.15) is 0 Å². The Morgan fingerprint density at radius 1 is 1.41 bits per heavy atom. The number of methoxy groups -OCH3 is 1. The molecule has 90 valence electrons. The summed E-state index contributed by atoms with van der Waals surface area (Å²) in [7, 11) is 1.29. The Labute approximate surface area is 100 Å². The molecule has 1 heterocycles. The van der Waals surface area contributed by atoms with Gasteiger partial charge in [-0.1, -0.05) is 18.2 Å². The predicted molar refractivity (Wildman–Crippen MR) is 63.7 cm³/mol. The van der Waals surface area contributed by atoms with Crippen LogP contribution in [-0.4, -0.2) is 25.0 Å². The van der Waals surface area contributed by atoms with Gasteiger partial charge < -0.3 is 9.64 Å². The molecule has 0 aromatic heterocycles. The molecule has 0 saturated carbocycles. The van der Waals surface area contributed by atoms with E-state index in [1.165, 1.54) is 7.11 Å². The Hall–Kier alpha value is -1.84. The van der Waals surface area contributed by atoms with Crippen LogP contribution in [0.25, 0.3) is 0 Å². The van der Waals surface area contributed by atoms with Gasteiger partial charge in [0.25, 0.3) is 0 Å². The molecule has 4 heteroatoms. The van der Waals surface area contributed by atoms with Crippen LogP contribution in [0.1, 0.15) is 18.9 Å². The van der Waals surface area contributed by atoms with Crippen LogP contribution in [0, 0.1) is 0 Å². The summed E-state index contributed by atoms with van der Waals surface area (Å²) in [5.74, 6) is -0.694. The van der Waals surface area contributed by atoms with E-state index in [4.69, 9.17) is 0 Å². The maximum absolute atomic E-state index is 12.0. The zero-order valence-corrected chi connectivity index (χ0v) is 9.97. The Bertz CT molecular complexity index is 456. The lowest BCUT2D eigenvalue weighted by atomic mass is 10.1. The van der Waals surface area contributed by atoms with Crippen molar-refractivity contribution < 1.29 is 14.3 Å². The molecular weight excluding hydrogens is 218 g/mol. The van der Waals surface area contributed by atoms with E-state index < -0.39 is 5.97 Å². The summed E-state index contributed by atoms with van der Waals surface area (Å²) >= 11 is 0. The van der Waals surface area contributed by atoms with E-state index in [9.17, 15) is 9.59 Å². The highest BCUT2D eigenvalue weighted by Gasteiger charge is 2.31. The van der Waals surface area contributed by atoms with Crippen molar-refractivity contribution in [3.63, 3.8) is 0 Å². The van der Waals surface area contributed by atoms with Gasteiger partial charge >= 0.3 is 5.97 Å². The third-order valence-corrected chi connectivity index (χ3v) is 3.00. The number of nitrogens with zero attached hydrogens (tertiary/aromatic N) is 1. The van der Waals surface area contributed by atoms with Crippen LogP contribution in [0.5, 0.6) is 0 Å². The van der Waals surface area contributed by atoms with E-state index in [2.05, 4.69) is 4.74 Å². The fraction of sp³-hybridized carbons (Fsp3) is 0.385. The lowest BCUT2D eigenvalue weighted by molar-refractivity contribution is -0.143. The predicted octanol–water partition coefficient (Wildman–Crippen LogP) is 1.53. The van der Waals surface area contributed by atoms with Gasteiger partial charge in [-0.25, -0.2) is 0 Å². The number of para-hydroxylation sites is 1. The van der Waals surface area contributed by atoms with Crippen LogP contribution in [0.15, 0.2) is 24.3 Å². The molecule has 1 atom stereocenters. The lowest BCUT2D eigenvalue weighted by Crippen LogP contribution is -2.37. The van der Waals surface area contributed by atoms with Gasteiger partial charge in [0, 0.05) is 11.7 Å². The number of carbonyl (C=O) groups is 2. The highest BCUT2D eigenvalue weighted by atomic mass is 16.5. The van der Waals surface area contributed by atoms with Crippen LogP contribution < -0.4 is 4.90 Å². The number of hydrogen-bond donors (Lipinski definition) is 0. The van der Waals surface area contributed by atoms with Crippen molar-refractivity contribution in [3.05, 3.63) is 29.8 Å². The van der Waals surface area contributed by atoms with Crippen molar-refractivity contribution in [1.29, 1.82) is 0 Å². The largest absolute Gasteiger partial charge is 0.469 e. The van der Waals surface area contributed by atoms with E-state index in [0.717, 1.165) is 17.7 Å². The normalized spacial score (nSPS) is 17.8. The van der Waals surface area contributed by atoms with Crippen molar-refractivity contribution in [2.45, 2.75) is 25.8 Å². The van der Waals surface area contributed by atoms with Gasteiger partial charge in [0.1, 0.15) is 6.42 Å². The first-order valence-corrected chi connectivity index (χ1v) is 5.60. The Kier molecular flexibility index (Phi) is 3.13.